The molecule has 0 saturated carbocycles. The first kappa shape index (κ1) is 11.8. The fourth-order valence-electron chi connectivity index (χ4n) is 1.98. The fourth-order valence-corrected chi connectivity index (χ4v) is 1.98. The summed E-state index contributed by atoms with van der Waals surface area (Å²) in [4.78, 5) is 11.3. The van der Waals surface area contributed by atoms with Crippen molar-refractivity contribution < 1.29 is 19.4 Å². The molecular formula is C13H16O4. The molecule has 0 aliphatic carbocycles. The van der Waals surface area contributed by atoms with Crippen LogP contribution >= 0.6 is 0 Å². The van der Waals surface area contributed by atoms with Gasteiger partial charge in [-0.3, -0.25) is 4.79 Å². The number of benzene rings is 1. The molecule has 0 amide bonds. The molecule has 0 fully saturated rings. The molecule has 0 spiro atoms. The molecule has 2 rings (SSSR count). The molecule has 0 unspecified atom stereocenters. The molecule has 0 bridgehead atoms. The number of carboxylic acid groups (broad SMARTS) is 1. The van der Waals surface area contributed by atoms with E-state index < -0.39 is 11.4 Å². The highest BCUT2D eigenvalue weighted by Crippen LogP contribution is 2.37. The van der Waals surface area contributed by atoms with Crippen LogP contribution in [-0.2, 0) is 10.2 Å². The highest BCUT2D eigenvalue weighted by atomic mass is 16.6. The molecule has 1 aromatic carbocycles. The van der Waals surface area contributed by atoms with E-state index in [1.165, 1.54) is 0 Å². The number of aryl methyl sites for hydroxylation is 1. The second-order valence-corrected chi connectivity index (χ2v) is 4.74. The quantitative estimate of drug-likeness (QED) is 0.854. The van der Waals surface area contributed by atoms with Crippen LogP contribution in [0, 0.1) is 6.92 Å². The summed E-state index contributed by atoms with van der Waals surface area (Å²) < 4.78 is 10.9. The third-order valence-electron chi connectivity index (χ3n) is 3.10. The van der Waals surface area contributed by atoms with Crippen LogP contribution in [0.15, 0.2) is 12.1 Å². The van der Waals surface area contributed by atoms with Gasteiger partial charge in [-0.05, 0) is 44.0 Å². The summed E-state index contributed by atoms with van der Waals surface area (Å²) in [5.74, 6) is 0.474. The van der Waals surface area contributed by atoms with Gasteiger partial charge in [-0.25, -0.2) is 0 Å². The zero-order valence-electron chi connectivity index (χ0n) is 10.2. The van der Waals surface area contributed by atoms with E-state index in [2.05, 4.69) is 0 Å². The Balaban J connectivity index is 2.52. The minimum absolute atomic E-state index is 0.503. The Labute approximate surface area is 100 Å². The Hall–Kier alpha value is -1.71. The number of carboxylic acids is 1. The lowest BCUT2D eigenvalue weighted by Crippen LogP contribution is -2.29. The van der Waals surface area contributed by atoms with Crippen LogP contribution in [0.3, 0.4) is 0 Å². The van der Waals surface area contributed by atoms with E-state index in [9.17, 15) is 9.90 Å². The predicted octanol–water partition coefficient (Wildman–Crippen LogP) is 2.13. The van der Waals surface area contributed by atoms with Crippen molar-refractivity contribution in [1.29, 1.82) is 0 Å². The normalized spacial score (nSPS) is 14.5. The van der Waals surface area contributed by atoms with Crippen molar-refractivity contribution >= 4 is 5.97 Å². The van der Waals surface area contributed by atoms with Crippen LogP contribution in [0.2, 0.25) is 0 Å². The van der Waals surface area contributed by atoms with Gasteiger partial charge in [0.25, 0.3) is 0 Å². The number of hydrogen-bond acceptors (Lipinski definition) is 3. The Morgan fingerprint density at radius 2 is 1.76 bits per heavy atom. The molecule has 1 aliphatic heterocycles. The van der Waals surface area contributed by atoms with Gasteiger partial charge in [-0.2, -0.15) is 0 Å². The highest BCUT2D eigenvalue weighted by molar-refractivity contribution is 5.81. The van der Waals surface area contributed by atoms with E-state index in [0.29, 0.717) is 24.7 Å². The van der Waals surface area contributed by atoms with E-state index in [4.69, 9.17) is 9.47 Å². The summed E-state index contributed by atoms with van der Waals surface area (Å²) in [5.41, 5.74) is 0.732. The van der Waals surface area contributed by atoms with Crippen LogP contribution in [0.1, 0.15) is 25.0 Å². The standard InChI is InChI=1S/C13H16O4/c1-8-6-10-11(17-5-4-16-10)7-9(8)13(2,3)12(14)15/h6-7H,4-5H2,1-3H3,(H,14,15). The molecule has 92 valence electrons. The van der Waals surface area contributed by atoms with Crippen molar-refractivity contribution in [2.45, 2.75) is 26.2 Å². The van der Waals surface area contributed by atoms with Gasteiger partial charge in [0.1, 0.15) is 13.2 Å². The van der Waals surface area contributed by atoms with Crippen molar-refractivity contribution in [3.8, 4) is 11.5 Å². The lowest BCUT2D eigenvalue weighted by Gasteiger charge is -2.26. The summed E-state index contributed by atoms with van der Waals surface area (Å²) in [7, 11) is 0. The molecule has 1 heterocycles. The van der Waals surface area contributed by atoms with E-state index in [0.717, 1.165) is 11.1 Å². The van der Waals surface area contributed by atoms with Gasteiger partial charge in [0, 0.05) is 0 Å². The van der Waals surface area contributed by atoms with Crippen LogP contribution in [-0.4, -0.2) is 24.3 Å². The minimum atomic E-state index is -0.931. The first-order valence-electron chi connectivity index (χ1n) is 5.57. The summed E-state index contributed by atoms with van der Waals surface area (Å²) in [6, 6.07) is 3.62. The maximum atomic E-state index is 11.3. The van der Waals surface area contributed by atoms with Crippen molar-refractivity contribution in [1.82, 2.24) is 0 Å². The van der Waals surface area contributed by atoms with Gasteiger partial charge < -0.3 is 14.6 Å². The van der Waals surface area contributed by atoms with Crippen LogP contribution in [0.25, 0.3) is 0 Å². The first-order chi connectivity index (χ1) is 7.93. The third kappa shape index (κ3) is 1.95. The lowest BCUT2D eigenvalue weighted by molar-refractivity contribution is -0.142. The van der Waals surface area contributed by atoms with Gasteiger partial charge in [0.15, 0.2) is 11.5 Å². The molecule has 0 aromatic heterocycles. The summed E-state index contributed by atoms with van der Waals surface area (Å²) in [5, 5.41) is 9.25. The molecule has 0 saturated heterocycles. The number of carbonyl (C=O) groups is 1. The lowest BCUT2D eigenvalue weighted by atomic mass is 9.82. The zero-order chi connectivity index (χ0) is 12.6. The molecule has 4 heteroatoms. The monoisotopic (exact) mass is 236 g/mol. The van der Waals surface area contributed by atoms with Crippen LogP contribution in [0.4, 0.5) is 0 Å². The van der Waals surface area contributed by atoms with Crippen LogP contribution in [0.5, 0.6) is 11.5 Å². The van der Waals surface area contributed by atoms with E-state index in [1.807, 2.05) is 13.0 Å². The third-order valence-corrected chi connectivity index (χ3v) is 3.10. The maximum Gasteiger partial charge on any atom is 0.313 e. The largest absolute Gasteiger partial charge is 0.486 e. The Bertz CT molecular complexity index is 463. The number of hydrogen-bond donors (Lipinski definition) is 1. The summed E-state index contributed by atoms with van der Waals surface area (Å²) in [6.45, 7) is 6.30. The topological polar surface area (TPSA) is 55.8 Å². The number of ether oxygens (including phenoxy) is 2. The smallest absolute Gasteiger partial charge is 0.313 e. The highest BCUT2D eigenvalue weighted by Gasteiger charge is 2.32. The number of rotatable bonds is 2. The Kier molecular flexibility index (Phi) is 2.73. The van der Waals surface area contributed by atoms with Gasteiger partial charge in [0.05, 0.1) is 5.41 Å². The SMILES string of the molecule is Cc1cc2c(cc1C(C)(C)C(=O)O)OCCO2. The van der Waals surface area contributed by atoms with Crippen molar-refractivity contribution in [2.75, 3.05) is 13.2 Å². The average Bonchev–Trinajstić information content (AvgIpc) is 2.27. The molecule has 1 aliphatic rings. The molecule has 0 radical (unpaired) electrons. The molecule has 1 aromatic rings. The molecular weight excluding hydrogens is 220 g/mol. The molecule has 1 N–H and O–H groups in total. The second kappa shape index (κ2) is 3.95. The van der Waals surface area contributed by atoms with Crippen molar-refractivity contribution in [3.63, 3.8) is 0 Å². The molecule has 4 nitrogen and oxygen atoms in total. The Morgan fingerprint density at radius 3 is 2.29 bits per heavy atom. The first-order valence-corrected chi connectivity index (χ1v) is 5.57. The van der Waals surface area contributed by atoms with E-state index in [-0.39, 0.29) is 0 Å². The zero-order valence-corrected chi connectivity index (χ0v) is 10.2. The van der Waals surface area contributed by atoms with Crippen LogP contribution < -0.4 is 9.47 Å². The van der Waals surface area contributed by atoms with Gasteiger partial charge in [-0.1, -0.05) is 0 Å². The molecule has 17 heavy (non-hydrogen) atoms. The number of aliphatic carboxylic acids is 1. The van der Waals surface area contributed by atoms with Gasteiger partial charge in [0.2, 0.25) is 0 Å². The van der Waals surface area contributed by atoms with Gasteiger partial charge in [-0.15, -0.1) is 0 Å². The van der Waals surface area contributed by atoms with Crippen molar-refractivity contribution in [3.05, 3.63) is 23.3 Å². The summed E-state index contributed by atoms with van der Waals surface area (Å²) >= 11 is 0. The predicted molar refractivity (Wildman–Crippen MR) is 62.8 cm³/mol. The van der Waals surface area contributed by atoms with E-state index >= 15 is 0 Å². The average molecular weight is 236 g/mol. The maximum absolute atomic E-state index is 11.3. The second-order valence-electron chi connectivity index (χ2n) is 4.74. The van der Waals surface area contributed by atoms with E-state index in [1.54, 1.807) is 19.9 Å². The number of fused-ring (bicyclic) bond motifs is 1. The molecule has 0 atom stereocenters. The van der Waals surface area contributed by atoms with Gasteiger partial charge >= 0.3 is 5.97 Å². The summed E-state index contributed by atoms with van der Waals surface area (Å²) in [6.07, 6.45) is 0. The fraction of sp³-hybridized carbons (Fsp3) is 0.462. The van der Waals surface area contributed by atoms with Crippen molar-refractivity contribution in [2.24, 2.45) is 0 Å². The Morgan fingerprint density at radius 1 is 1.24 bits per heavy atom. The minimum Gasteiger partial charge on any atom is -0.486 e.